The summed E-state index contributed by atoms with van der Waals surface area (Å²) in [4.78, 5) is 25.3. The highest BCUT2D eigenvalue weighted by Gasteiger charge is 2.20. The maximum atomic E-state index is 12.3. The van der Waals surface area contributed by atoms with Gasteiger partial charge >= 0.3 is 0 Å². The van der Waals surface area contributed by atoms with E-state index in [1.165, 1.54) is 24.1 Å². The van der Waals surface area contributed by atoms with Crippen molar-refractivity contribution in [2.24, 2.45) is 5.41 Å². The van der Waals surface area contributed by atoms with E-state index >= 15 is 0 Å². The Morgan fingerprint density at radius 2 is 1.45 bits per heavy atom. The zero-order chi connectivity index (χ0) is 22.4. The van der Waals surface area contributed by atoms with Gasteiger partial charge in [0.2, 0.25) is 5.91 Å². The maximum absolute atomic E-state index is 12.3. The largest absolute Gasteiger partial charge is 0.508 e. The van der Waals surface area contributed by atoms with Crippen LogP contribution < -0.4 is 15.4 Å². The van der Waals surface area contributed by atoms with Crippen LogP contribution in [-0.2, 0) is 4.79 Å². The van der Waals surface area contributed by atoms with Crippen LogP contribution in [0, 0.1) is 5.41 Å². The zero-order valence-corrected chi connectivity index (χ0v) is 18.4. The van der Waals surface area contributed by atoms with Gasteiger partial charge in [0.15, 0.2) is 0 Å². The van der Waals surface area contributed by atoms with E-state index in [1.807, 2.05) is 69.3 Å². The first-order valence-corrected chi connectivity index (χ1v) is 10.6. The smallest absolute Gasteiger partial charge is 0.255 e. The fourth-order valence-corrected chi connectivity index (χ4v) is 3.22. The van der Waals surface area contributed by atoms with Gasteiger partial charge in [0.1, 0.15) is 5.75 Å². The monoisotopic (exact) mass is 435 g/mol. The zero-order valence-electron chi connectivity index (χ0n) is 17.6. The maximum Gasteiger partial charge on any atom is 0.255 e. The number of hydrogen-bond donors (Lipinski definition) is 4. The summed E-state index contributed by atoms with van der Waals surface area (Å²) in [5, 5.41) is 15.1. The molecule has 7 heteroatoms. The molecule has 0 atom stereocenters. The second-order valence-corrected chi connectivity index (χ2v) is 8.89. The lowest BCUT2D eigenvalue weighted by molar-refractivity contribution is -0.123. The number of benzene rings is 3. The molecule has 0 spiro atoms. The summed E-state index contributed by atoms with van der Waals surface area (Å²) >= 11 is 1.41. The van der Waals surface area contributed by atoms with Crippen molar-refractivity contribution in [3.8, 4) is 5.75 Å². The molecule has 3 rings (SSSR count). The van der Waals surface area contributed by atoms with Crippen molar-refractivity contribution in [1.29, 1.82) is 0 Å². The molecule has 31 heavy (non-hydrogen) atoms. The first-order chi connectivity index (χ1) is 14.7. The van der Waals surface area contributed by atoms with E-state index in [4.69, 9.17) is 0 Å². The highest BCUT2D eigenvalue weighted by Crippen LogP contribution is 2.25. The van der Waals surface area contributed by atoms with Crippen LogP contribution in [0.5, 0.6) is 5.75 Å². The van der Waals surface area contributed by atoms with Gasteiger partial charge in [-0.1, -0.05) is 26.8 Å². The Bertz CT molecular complexity index is 1060. The normalized spacial score (nSPS) is 10.9. The molecule has 0 bridgehead atoms. The molecule has 0 radical (unpaired) electrons. The number of carbonyl (C=O) groups excluding carboxylic acids is 2. The topological polar surface area (TPSA) is 90.5 Å². The van der Waals surface area contributed by atoms with Gasteiger partial charge in [0, 0.05) is 32.9 Å². The van der Waals surface area contributed by atoms with E-state index in [2.05, 4.69) is 15.4 Å². The van der Waals surface area contributed by atoms with Crippen LogP contribution in [-0.4, -0.2) is 16.9 Å². The molecule has 0 aliphatic heterocycles. The molecular weight excluding hydrogens is 410 g/mol. The summed E-state index contributed by atoms with van der Waals surface area (Å²) in [5.74, 6) is -0.164. The quantitative estimate of drug-likeness (QED) is 0.370. The van der Waals surface area contributed by atoms with Gasteiger partial charge in [-0.3, -0.25) is 9.59 Å². The van der Waals surface area contributed by atoms with Crippen molar-refractivity contribution < 1.29 is 14.7 Å². The number of amides is 2. The van der Waals surface area contributed by atoms with Crippen LogP contribution >= 0.6 is 11.9 Å². The Kier molecular flexibility index (Phi) is 6.87. The van der Waals surface area contributed by atoms with E-state index in [9.17, 15) is 14.7 Å². The lowest BCUT2D eigenvalue weighted by Crippen LogP contribution is -2.27. The summed E-state index contributed by atoms with van der Waals surface area (Å²) in [6.07, 6.45) is 0. The third-order valence-electron chi connectivity index (χ3n) is 4.33. The average molecular weight is 436 g/mol. The highest BCUT2D eigenvalue weighted by molar-refractivity contribution is 8.00. The van der Waals surface area contributed by atoms with E-state index in [0.717, 1.165) is 16.3 Å². The van der Waals surface area contributed by atoms with Gasteiger partial charge in [-0.15, -0.1) is 0 Å². The van der Waals surface area contributed by atoms with Crippen molar-refractivity contribution in [2.45, 2.75) is 25.7 Å². The van der Waals surface area contributed by atoms with Gasteiger partial charge in [0.05, 0.1) is 0 Å². The van der Waals surface area contributed by atoms with Crippen LogP contribution in [0.15, 0.2) is 77.7 Å². The van der Waals surface area contributed by atoms with E-state index in [0.29, 0.717) is 11.3 Å². The first-order valence-electron chi connectivity index (χ1n) is 9.75. The summed E-state index contributed by atoms with van der Waals surface area (Å²) in [6.45, 7) is 5.61. The average Bonchev–Trinajstić information content (AvgIpc) is 2.73. The number of aromatic hydroxyl groups is 1. The standard InChI is InChI=1S/C24H25N3O3S/c1-24(2,3)23(30)26-17-9-11-18(12-10-17)27-31-21-6-4-5-19(15-21)25-22(29)16-7-13-20(28)14-8-16/h4-15,27-28H,1-3H3,(H,25,29)(H,26,30). The number of phenols is 1. The summed E-state index contributed by atoms with van der Waals surface area (Å²) < 4.78 is 3.25. The third kappa shape index (κ3) is 6.52. The molecule has 3 aromatic carbocycles. The molecule has 0 saturated heterocycles. The van der Waals surface area contributed by atoms with E-state index in [-0.39, 0.29) is 17.6 Å². The number of carbonyl (C=O) groups is 2. The Labute approximate surface area is 186 Å². The van der Waals surface area contributed by atoms with E-state index in [1.54, 1.807) is 12.1 Å². The molecular formula is C24H25N3O3S. The SMILES string of the molecule is CC(C)(C)C(=O)Nc1ccc(NSc2cccc(NC(=O)c3ccc(O)cc3)c2)cc1. The Morgan fingerprint density at radius 3 is 2.10 bits per heavy atom. The molecule has 3 aromatic rings. The minimum atomic E-state index is -0.449. The summed E-state index contributed by atoms with van der Waals surface area (Å²) in [6, 6.07) is 21.0. The Morgan fingerprint density at radius 1 is 0.806 bits per heavy atom. The third-order valence-corrected chi connectivity index (χ3v) is 5.16. The molecule has 6 nitrogen and oxygen atoms in total. The van der Waals surface area contributed by atoms with Crippen molar-refractivity contribution in [1.82, 2.24) is 0 Å². The van der Waals surface area contributed by atoms with Gasteiger partial charge in [-0.05, 0) is 78.7 Å². The lowest BCUT2D eigenvalue weighted by Gasteiger charge is -2.17. The van der Waals surface area contributed by atoms with Crippen LogP contribution in [0.1, 0.15) is 31.1 Å². The minimum absolute atomic E-state index is 0.0336. The molecule has 0 saturated carbocycles. The Hall–Kier alpha value is -3.45. The van der Waals surface area contributed by atoms with E-state index < -0.39 is 5.41 Å². The minimum Gasteiger partial charge on any atom is -0.508 e. The second kappa shape index (κ2) is 9.57. The number of hydrogen-bond acceptors (Lipinski definition) is 5. The van der Waals surface area contributed by atoms with Crippen molar-refractivity contribution >= 4 is 40.8 Å². The molecule has 0 fully saturated rings. The predicted molar refractivity (Wildman–Crippen MR) is 127 cm³/mol. The Balaban J connectivity index is 1.57. The fourth-order valence-electron chi connectivity index (χ4n) is 2.51. The summed E-state index contributed by atoms with van der Waals surface area (Å²) in [7, 11) is 0. The molecule has 2 amide bonds. The predicted octanol–water partition coefficient (Wildman–Crippen LogP) is 5.75. The van der Waals surface area contributed by atoms with Crippen molar-refractivity contribution in [3.63, 3.8) is 0 Å². The van der Waals surface area contributed by atoms with Crippen LogP contribution in [0.2, 0.25) is 0 Å². The molecule has 160 valence electrons. The van der Waals surface area contributed by atoms with Crippen LogP contribution in [0.25, 0.3) is 0 Å². The van der Waals surface area contributed by atoms with Crippen molar-refractivity contribution in [2.75, 3.05) is 15.4 Å². The van der Waals surface area contributed by atoms with Crippen LogP contribution in [0.3, 0.4) is 0 Å². The molecule has 4 N–H and O–H groups in total. The number of anilines is 3. The molecule has 0 aliphatic rings. The highest BCUT2D eigenvalue weighted by atomic mass is 32.2. The van der Waals surface area contributed by atoms with Gasteiger partial charge in [-0.25, -0.2) is 0 Å². The number of rotatable bonds is 6. The molecule has 0 aliphatic carbocycles. The second-order valence-electron chi connectivity index (χ2n) is 8.01. The van der Waals surface area contributed by atoms with Gasteiger partial charge < -0.3 is 20.5 Å². The number of phenolic OH excluding ortho intramolecular Hbond substituents is 1. The van der Waals surface area contributed by atoms with Gasteiger partial charge in [-0.2, -0.15) is 0 Å². The first kappa shape index (κ1) is 22.2. The molecule has 0 unspecified atom stereocenters. The van der Waals surface area contributed by atoms with Crippen molar-refractivity contribution in [3.05, 3.63) is 78.4 Å². The number of nitrogens with one attached hydrogen (secondary N) is 3. The van der Waals surface area contributed by atoms with Crippen LogP contribution in [0.4, 0.5) is 17.1 Å². The van der Waals surface area contributed by atoms with Gasteiger partial charge in [0.25, 0.3) is 5.91 Å². The molecule has 0 heterocycles. The lowest BCUT2D eigenvalue weighted by atomic mass is 9.95. The fraction of sp³-hybridized carbons (Fsp3) is 0.167. The summed E-state index contributed by atoms with van der Waals surface area (Å²) in [5.41, 5.74) is 2.32. The molecule has 0 aromatic heterocycles.